The molecular formula is C33H42O6. The number of carbonyl (C=O) groups excluding carboxylic acids is 2. The summed E-state index contributed by atoms with van der Waals surface area (Å²) < 4.78 is 11.4. The Hall–Kier alpha value is -2.89. The molecule has 39 heavy (non-hydrogen) atoms. The van der Waals surface area contributed by atoms with Crippen LogP contribution in [0.2, 0.25) is 0 Å². The van der Waals surface area contributed by atoms with Crippen molar-refractivity contribution in [3.63, 3.8) is 0 Å². The lowest BCUT2D eigenvalue weighted by Gasteiger charge is -2.59. The Labute approximate surface area is 231 Å². The van der Waals surface area contributed by atoms with Gasteiger partial charge in [-0.2, -0.15) is 0 Å². The van der Waals surface area contributed by atoms with Crippen LogP contribution in [0, 0.1) is 34.5 Å². The molecule has 1 unspecified atom stereocenters. The normalized spacial score (nSPS) is 35.9. The van der Waals surface area contributed by atoms with E-state index < -0.39 is 11.9 Å². The summed E-state index contributed by atoms with van der Waals surface area (Å²) in [7, 11) is 0. The number of fused-ring (bicyclic) bond motifs is 5. The first-order chi connectivity index (χ1) is 18.6. The number of rotatable bonds is 6. The van der Waals surface area contributed by atoms with E-state index in [9.17, 15) is 19.5 Å². The van der Waals surface area contributed by atoms with Crippen molar-refractivity contribution in [2.45, 2.75) is 91.8 Å². The molecule has 7 atom stereocenters. The quantitative estimate of drug-likeness (QED) is 0.145. The van der Waals surface area contributed by atoms with Crippen molar-refractivity contribution < 1.29 is 29.0 Å². The molecule has 1 aromatic carbocycles. The molecule has 0 spiro atoms. The van der Waals surface area contributed by atoms with Crippen LogP contribution in [0.25, 0.3) is 0 Å². The van der Waals surface area contributed by atoms with Crippen LogP contribution >= 0.6 is 0 Å². The molecule has 1 aromatic rings. The van der Waals surface area contributed by atoms with Gasteiger partial charge in [-0.25, -0.2) is 9.59 Å². The van der Waals surface area contributed by atoms with Gasteiger partial charge in [-0.1, -0.05) is 55.8 Å². The Morgan fingerprint density at radius 1 is 1.00 bits per heavy atom. The van der Waals surface area contributed by atoms with E-state index in [4.69, 9.17) is 9.47 Å². The Morgan fingerprint density at radius 3 is 2.44 bits per heavy atom. The van der Waals surface area contributed by atoms with Crippen molar-refractivity contribution in [3.05, 3.63) is 58.7 Å². The molecular weight excluding hydrogens is 492 g/mol. The molecule has 0 heterocycles. The van der Waals surface area contributed by atoms with Gasteiger partial charge in [0.1, 0.15) is 18.3 Å². The molecule has 0 aliphatic heterocycles. The standard InChI is InChI=1S/C33H42O6/c1-20(29(30(35)36)31(37)38-19-22-9-6-5-7-10-22)25-15-16-26-24-14-13-23-11-8-12-28(39-21(2)34)33(23,4)27(24)17-18-32(25,26)3/h5-7,9-10,13,24-28H,8,11-12,14-19H2,1-4H3,(H,35,36)/b29-20+/t24-,25+,26-,27-,28?,32+,33-/m0/s1. The topological polar surface area (TPSA) is 89.9 Å². The monoisotopic (exact) mass is 534 g/mol. The van der Waals surface area contributed by atoms with Crippen molar-refractivity contribution in [2.24, 2.45) is 34.5 Å². The second kappa shape index (κ2) is 10.6. The summed E-state index contributed by atoms with van der Waals surface area (Å²) in [5.74, 6) is -0.812. The van der Waals surface area contributed by atoms with Crippen molar-refractivity contribution in [3.8, 4) is 0 Å². The highest BCUT2D eigenvalue weighted by Gasteiger charge is 2.61. The fourth-order valence-corrected chi connectivity index (χ4v) is 9.17. The summed E-state index contributed by atoms with van der Waals surface area (Å²) in [5.41, 5.74) is 2.51. The summed E-state index contributed by atoms with van der Waals surface area (Å²) in [6, 6.07) is 9.33. The van der Waals surface area contributed by atoms with E-state index in [1.807, 2.05) is 37.3 Å². The van der Waals surface area contributed by atoms with Gasteiger partial charge in [-0.3, -0.25) is 4.79 Å². The fourth-order valence-electron chi connectivity index (χ4n) is 9.17. The lowest BCUT2D eigenvalue weighted by molar-refractivity contribution is -0.162. The highest BCUT2D eigenvalue weighted by molar-refractivity contribution is 6.14. The van der Waals surface area contributed by atoms with Crippen LogP contribution in [0.3, 0.4) is 0 Å². The van der Waals surface area contributed by atoms with Gasteiger partial charge >= 0.3 is 17.9 Å². The van der Waals surface area contributed by atoms with E-state index in [1.54, 1.807) is 0 Å². The highest BCUT2D eigenvalue weighted by atomic mass is 16.5. The third-order valence-electron chi connectivity index (χ3n) is 11.0. The largest absolute Gasteiger partial charge is 0.477 e. The Balaban J connectivity index is 1.40. The van der Waals surface area contributed by atoms with Gasteiger partial charge in [0.05, 0.1) is 0 Å². The molecule has 4 aliphatic rings. The Bertz CT molecular complexity index is 1200. The van der Waals surface area contributed by atoms with Crippen LogP contribution < -0.4 is 0 Å². The van der Waals surface area contributed by atoms with Crippen LogP contribution in [-0.2, 0) is 30.5 Å². The molecule has 5 rings (SSSR count). The lowest BCUT2D eigenvalue weighted by atomic mass is 9.46. The molecule has 3 saturated carbocycles. The number of aliphatic carboxylic acids is 1. The van der Waals surface area contributed by atoms with Gasteiger partial charge in [-0.05, 0) is 98.5 Å². The summed E-state index contributed by atoms with van der Waals surface area (Å²) in [5, 5.41) is 10.1. The number of benzene rings is 1. The molecule has 0 saturated heterocycles. The van der Waals surface area contributed by atoms with Crippen molar-refractivity contribution in [2.75, 3.05) is 0 Å². The second-order valence-electron chi connectivity index (χ2n) is 12.7. The van der Waals surface area contributed by atoms with Crippen molar-refractivity contribution in [1.82, 2.24) is 0 Å². The fraction of sp³-hybridized carbons (Fsp3) is 0.606. The SMILES string of the molecule is CC(=O)OC1CCCC2=CC[C@H]3[C@@H]4CC[C@H](/C(C)=C(\C(=O)O)C(=O)OCc5ccccc5)[C@@]4(C)CC[C@@H]3[C@]21C. The molecule has 1 N–H and O–H groups in total. The van der Waals surface area contributed by atoms with Crippen molar-refractivity contribution in [1.29, 1.82) is 0 Å². The number of ether oxygens (including phenoxy) is 2. The summed E-state index contributed by atoms with van der Waals surface area (Å²) in [6.07, 6.45) is 10.3. The van der Waals surface area contributed by atoms with Gasteiger partial charge in [0.25, 0.3) is 0 Å². The van der Waals surface area contributed by atoms with E-state index in [0.717, 1.165) is 56.9 Å². The maximum atomic E-state index is 13.1. The van der Waals surface area contributed by atoms with E-state index in [2.05, 4.69) is 19.9 Å². The van der Waals surface area contributed by atoms with Crippen LogP contribution in [0.15, 0.2) is 53.1 Å². The zero-order valence-electron chi connectivity index (χ0n) is 23.7. The predicted octanol–water partition coefficient (Wildman–Crippen LogP) is 6.64. The third-order valence-corrected chi connectivity index (χ3v) is 11.0. The summed E-state index contributed by atoms with van der Waals surface area (Å²) in [6.45, 7) is 8.04. The number of esters is 2. The minimum atomic E-state index is -1.21. The third kappa shape index (κ3) is 4.74. The molecule has 0 amide bonds. The average Bonchev–Trinajstić information content (AvgIpc) is 3.25. The molecule has 6 nitrogen and oxygen atoms in total. The first-order valence-corrected chi connectivity index (χ1v) is 14.6. The molecule has 210 valence electrons. The molecule has 0 radical (unpaired) electrons. The van der Waals surface area contributed by atoms with Crippen molar-refractivity contribution >= 4 is 17.9 Å². The summed E-state index contributed by atoms with van der Waals surface area (Å²) >= 11 is 0. The predicted molar refractivity (Wildman–Crippen MR) is 147 cm³/mol. The van der Waals surface area contributed by atoms with Crippen LogP contribution in [-0.4, -0.2) is 29.1 Å². The number of carboxylic acids is 1. The molecule has 3 fully saturated rings. The van der Waals surface area contributed by atoms with Gasteiger partial charge in [0.15, 0.2) is 0 Å². The van der Waals surface area contributed by atoms with Crippen LogP contribution in [0.1, 0.15) is 84.6 Å². The minimum Gasteiger partial charge on any atom is -0.477 e. The number of carboxylic acid groups (broad SMARTS) is 1. The maximum absolute atomic E-state index is 13.1. The minimum absolute atomic E-state index is 0.0210. The Morgan fingerprint density at radius 2 is 1.74 bits per heavy atom. The highest BCUT2D eigenvalue weighted by Crippen LogP contribution is 2.67. The first-order valence-electron chi connectivity index (χ1n) is 14.6. The second-order valence-corrected chi connectivity index (χ2v) is 12.7. The average molecular weight is 535 g/mol. The Kier molecular flexibility index (Phi) is 7.51. The maximum Gasteiger partial charge on any atom is 0.345 e. The summed E-state index contributed by atoms with van der Waals surface area (Å²) in [4.78, 5) is 37.4. The lowest BCUT2D eigenvalue weighted by Crippen LogP contribution is -2.54. The van der Waals surface area contributed by atoms with E-state index >= 15 is 0 Å². The van der Waals surface area contributed by atoms with Crippen LogP contribution in [0.5, 0.6) is 0 Å². The van der Waals surface area contributed by atoms with E-state index in [-0.39, 0.29) is 41.0 Å². The van der Waals surface area contributed by atoms with E-state index in [0.29, 0.717) is 23.3 Å². The molecule has 6 heteroatoms. The molecule has 0 bridgehead atoms. The van der Waals surface area contributed by atoms with Gasteiger partial charge in [-0.15, -0.1) is 0 Å². The molecule has 0 aromatic heterocycles. The smallest absolute Gasteiger partial charge is 0.345 e. The number of carbonyl (C=O) groups is 3. The van der Waals surface area contributed by atoms with E-state index in [1.165, 1.54) is 12.5 Å². The number of allylic oxidation sites excluding steroid dienone is 2. The molecule has 4 aliphatic carbocycles. The first kappa shape index (κ1) is 27.7. The number of hydrogen-bond acceptors (Lipinski definition) is 5. The van der Waals surface area contributed by atoms with Gasteiger partial charge in [0.2, 0.25) is 0 Å². The van der Waals surface area contributed by atoms with Crippen LogP contribution in [0.4, 0.5) is 0 Å². The number of hydrogen-bond donors (Lipinski definition) is 1. The van der Waals surface area contributed by atoms with Gasteiger partial charge < -0.3 is 14.6 Å². The zero-order chi connectivity index (χ0) is 27.9. The van der Waals surface area contributed by atoms with Gasteiger partial charge in [0, 0.05) is 12.3 Å². The zero-order valence-corrected chi connectivity index (χ0v) is 23.7.